The van der Waals surface area contributed by atoms with Crippen LogP contribution in [0, 0.1) is 10.1 Å². The van der Waals surface area contributed by atoms with Gasteiger partial charge in [0, 0.05) is 24.7 Å². The minimum atomic E-state index is -0.549. The molecule has 7 nitrogen and oxygen atoms in total. The third kappa shape index (κ3) is 3.92. The van der Waals surface area contributed by atoms with Crippen LogP contribution in [0.15, 0.2) is 18.2 Å². The quantitative estimate of drug-likeness (QED) is 0.591. The molecule has 19 heavy (non-hydrogen) atoms. The molecule has 1 aromatic carbocycles. The fraction of sp³-hybridized carbons (Fsp3) is 0.417. The van der Waals surface area contributed by atoms with Crippen molar-refractivity contribution in [3.8, 4) is 5.75 Å². The fourth-order valence-corrected chi connectivity index (χ4v) is 1.43. The molecule has 1 unspecified atom stereocenters. The van der Waals surface area contributed by atoms with E-state index in [1.807, 2.05) is 6.92 Å². The van der Waals surface area contributed by atoms with E-state index in [-0.39, 0.29) is 17.3 Å². The molecular weight excluding hydrogens is 250 g/mol. The summed E-state index contributed by atoms with van der Waals surface area (Å²) in [4.78, 5) is 22.1. The Hall–Kier alpha value is -2.15. The van der Waals surface area contributed by atoms with Crippen LogP contribution in [0.4, 0.5) is 5.69 Å². The lowest BCUT2D eigenvalue weighted by Gasteiger charge is -2.12. The van der Waals surface area contributed by atoms with Crippen molar-refractivity contribution in [2.75, 3.05) is 20.7 Å². The lowest BCUT2D eigenvalue weighted by molar-refractivity contribution is -0.384. The number of carbonyl (C=O) groups is 1. The first-order valence-corrected chi connectivity index (χ1v) is 5.77. The molecule has 0 aliphatic carbocycles. The van der Waals surface area contributed by atoms with Crippen LogP contribution >= 0.6 is 0 Å². The number of nitrogens with zero attached hydrogens (tertiary/aromatic N) is 1. The minimum Gasteiger partial charge on any atom is -0.496 e. The van der Waals surface area contributed by atoms with Gasteiger partial charge in [-0.3, -0.25) is 14.9 Å². The number of nitro benzene ring substituents is 1. The molecule has 0 aliphatic heterocycles. The van der Waals surface area contributed by atoms with Crippen LogP contribution in [0.2, 0.25) is 0 Å². The largest absolute Gasteiger partial charge is 0.496 e. The van der Waals surface area contributed by atoms with Gasteiger partial charge in [-0.05, 0) is 20.0 Å². The second kappa shape index (κ2) is 6.69. The van der Waals surface area contributed by atoms with Gasteiger partial charge in [-0.2, -0.15) is 0 Å². The average molecular weight is 267 g/mol. The number of non-ortho nitro benzene ring substituents is 1. The highest BCUT2D eigenvalue weighted by Gasteiger charge is 2.17. The smallest absolute Gasteiger partial charge is 0.270 e. The maximum Gasteiger partial charge on any atom is 0.270 e. The maximum atomic E-state index is 12.0. The average Bonchev–Trinajstić information content (AvgIpc) is 2.43. The zero-order valence-corrected chi connectivity index (χ0v) is 11.1. The first kappa shape index (κ1) is 14.9. The Morgan fingerprint density at radius 2 is 2.21 bits per heavy atom. The second-order valence-corrected chi connectivity index (χ2v) is 4.04. The summed E-state index contributed by atoms with van der Waals surface area (Å²) in [5.74, 6) is -0.0946. The Morgan fingerprint density at radius 3 is 2.74 bits per heavy atom. The first-order valence-electron chi connectivity index (χ1n) is 5.77. The van der Waals surface area contributed by atoms with Gasteiger partial charge in [0.2, 0.25) is 0 Å². The number of carbonyl (C=O) groups excluding carboxylic acids is 1. The van der Waals surface area contributed by atoms with E-state index in [0.717, 1.165) is 0 Å². The molecule has 0 bridgehead atoms. The normalized spacial score (nSPS) is 11.7. The molecule has 0 fully saturated rings. The van der Waals surface area contributed by atoms with Crippen LogP contribution in [0.5, 0.6) is 5.75 Å². The zero-order valence-electron chi connectivity index (χ0n) is 11.1. The van der Waals surface area contributed by atoms with Gasteiger partial charge in [-0.1, -0.05) is 0 Å². The molecule has 2 N–H and O–H groups in total. The van der Waals surface area contributed by atoms with E-state index in [1.165, 1.54) is 25.3 Å². The summed E-state index contributed by atoms with van der Waals surface area (Å²) in [7, 11) is 3.19. The number of benzene rings is 1. The number of methoxy groups -OCH3 is 1. The Labute approximate surface area is 111 Å². The minimum absolute atomic E-state index is 0.105. The van der Waals surface area contributed by atoms with E-state index in [2.05, 4.69) is 10.6 Å². The number of ether oxygens (including phenoxy) is 1. The topological polar surface area (TPSA) is 93.5 Å². The molecule has 0 aromatic heterocycles. The predicted molar refractivity (Wildman–Crippen MR) is 70.5 cm³/mol. The monoisotopic (exact) mass is 267 g/mol. The van der Waals surface area contributed by atoms with E-state index in [4.69, 9.17) is 4.74 Å². The van der Waals surface area contributed by atoms with E-state index in [0.29, 0.717) is 12.3 Å². The molecule has 0 spiro atoms. The van der Waals surface area contributed by atoms with E-state index in [9.17, 15) is 14.9 Å². The van der Waals surface area contributed by atoms with Crippen molar-refractivity contribution in [3.63, 3.8) is 0 Å². The van der Waals surface area contributed by atoms with Gasteiger partial charge in [0.25, 0.3) is 11.6 Å². The van der Waals surface area contributed by atoms with Crippen LogP contribution in [0.25, 0.3) is 0 Å². The third-order valence-electron chi connectivity index (χ3n) is 2.70. The molecule has 0 aliphatic rings. The number of amides is 1. The van der Waals surface area contributed by atoms with Crippen LogP contribution < -0.4 is 15.4 Å². The Morgan fingerprint density at radius 1 is 1.53 bits per heavy atom. The third-order valence-corrected chi connectivity index (χ3v) is 2.70. The maximum absolute atomic E-state index is 12.0. The van der Waals surface area contributed by atoms with Crippen LogP contribution in [-0.4, -0.2) is 37.6 Å². The summed E-state index contributed by atoms with van der Waals surface area (Å²) in [6.45, 7) is 2.33. The number of nitrogens with one attached hydrogen (secondary N) is 2. The van der Waals surface area contributed by atoms with E-state index in [1.54, 1.807) is 7.05 Å². The van der Waals surface area contributed by atoms with E-state index < -0.39 is 10.8 Å². The molecule has 0 heterocycles. The van der Waals surface area contributed by atoms with Gasteiger partial charge in [0.15, 0.2) is 0 Å². The lowest BCUT2D eigenvalue weighted by atomic mass is 10.1. The molecule has 104 valence electrons. The van der Waals surface area contributed by atoms with Gasteiger partial charge < -0.3 is 15.4 Å². The highest BCUT2D eigenvalue weighted by Crippen LogP contribution is 2.23. The van der Waals surface area contributed by atoms with Crippen molar-refractivity contribution in [3.05, 3.63) is 33.9 Å². The lowest BCUT2D eigenvalue weighted by Crippen LogP contribution is -2.37. The SMILES string of the molecule is CNC(C)CNC(=O)c1cc([N+](=O)[O-])ccc1OC. The number of hydrogen-bond acceptors (Lipinski definition) is 5. The molecule has 0 radical (unpaired) electrons. The number of hydrogen-bond donors (Lipinski definition) is 2. The Balaban J connectivity index is 2.93. The highest BCUT2D eigenvalue weighted by atomic mass is 16.6. The number of likely N-dealkylation sites (N-methyl/N-ethyl adjacent to an activating group) is 1. The van der Waals surface area contributed by atoms with Crippen molar-refractivity contribution in [1.29, 1.82) is 0 Å². The van der Waals surface area contributed by atoms with Gasteiger partial charge in [-0.15, -0.1) is 0 Å². The molecule has 7 heteroatoms. The van der Waals surface area contributed by atoms with Crippen molar-refractivity contribution in [2.24, 2.45) is 0 Å². The molecule has 1 amide bonds. The molecule has 1 atom stereocenters. The summed E-state index contributed by atoms with van der Waals surface area (Å²) in [5.41, 5.74) is 0.00705. The predicted octanol–water partition coefficient (Wildman–Crippen LogP) is 0.941. The first-order chi connectivity index (χ1) is 8.99. The van der Waals surface area contributed by atoms with Crippen molar-refractivity contribution in [2.45, 2.75) is 13.0 Å². The van der Waals surface area contributed by atoms with Crippen LogP contribution in [0.3, 0.4) is 0 Å². The van der Waals surface area contributed by atoms with Gasteiger partial charge >= 0.3 is 0 Å². The standard InChI is InChI=1S/C12H17N3O4/c1-8(13-2)7-14-12(16)10-6-9(15(17)18)4-5-11(10)19-3/h4-6,8,13H,7H2,1-3H3,(H,14,16). The Bertz CT molecular complexity index is 476. The van der Waals surface area contributed by atoms with Crippen LogP contribution in [-0.2, 0) is 0 Å². The Kier molecular flexibility index (Phi) is 5.25. The summed E-state index contributed by atoms with van der Waals surface area (Å²) >= 11 is 0. The fourth-order valence-electron chi connectivity index (χ4n) is 1.43. The summed E-state index contributed by atoms with van der Waals surface area (Å²) in [6.07, 6.45) is 0. The summed E-state index contributed by atoms with van der Waals surface area (Å²) in [6, 6.07) is 4.02. The molecule has 1 aromatic rings. The van der Waals surface area contributed by atoms with Gasteiger partial charge in [0.05, 0.1) is 17.6 Å². The zero-order chi connectivity index (χ0) is 14.4. The summed E-state index contributed by atoms with van der Waals surface area (Å²) < 4.78 is 5.04. The van der Waals surface area contributed by atoms with E-state index >= 15 is 0 Å². The summed E-state index contributed by atoms with van der Waals surface area (Å²) in [5, 5.41) is 16.4. The molecular formula is C12H17N3O4. The van der Waals surface area contributed by atoms with Crippen molar-refractivity contribution in [1.82, 2.24) is 10.6 Å². The molecule has 1 rings (SSSR count). The number of rotatable bonds is 6. The molecule has 0 saturated carbocycles. The van der Waals surface area contributed by atoms with Crippen molar-refractivity contribution < 1.29 is 14.5 Å². The van der Waals surface area contributed by atoms with Gasteiger partial charge in [0.1, 0.15) is 5.75 Å². The molecule has 0 saturated heterocycles. The second-order valence-electron chi connectivity index (χ2n) is 4.04. The highest BCUT2D eigenvalue weighted by molar-refractivity contribution is 5.97. The van der Waals surface area contributed by atoms with Crippen LogP contribution in [0.1, 0.15) is 17.3 Å². The van der Waals surface area contributed by atoms with Crippen molar-refractivity contribution >= 4 is 11.6 Å². The number of nitro groups is 1. The van der Waals surface area contributed by atoms with Gasteiger partial charge in [-0.25, -0.2) is 0 Å².